The lowest BCUT2D eigenvalue weighted by molar-refractivity contribution is -0.131. The van der Waals surface area contributed by atoms with E-state index in [1.54, 1.807) is 48.5 Å². The number of carbonyl (C=O) groups excluding carboxylic acids is 1. The van der Waals surface area contributed by atoms with Gasteiger partial charge in [0.05, 0.1) is 5.56 Å². The largest absolute Gasteiger partial charge is 0.478 e. The van der Waals surface area contributed by atoms with E-state index in [-0.39, 0.29) is 5.56 Å². The molecule has 3 aromatic carbocycles. The summed E-state index contributed by atoms with van der Waals surface area (Å²) in [5.41, 5.74) is 2.33. The van der Waals surface area contributed by atoms with Gasteiger partial charge in [0.2, 0.25) is 0 Å². The van der Waals surface area contributed by atoms with Crippen molar-refractivity contribution in [3.63, 3.8) is 0 Å². The minimum Gasteiger partial charge on any atom is -0.478 e. The summed E-state index contributed by atoms with van der Waals surface area (Å²) in [4.78, 5) is 23.2. The minimum absolute atomic E-state index is 0.107. The molecule has 0 saturated carbocycles. The van der Waals surface area contributed by atoms with Crippen LogP contribution < -0.4 is 5.32 Å². The summed E-state index contributed by atoms with van der Waals surface area (Å²) >= 11 is 6.00. The van der Waals surface area contributed by atoms with E-state index in [0.717, 1.165) is 11.6 Å². The van der Waals surface area contributed by atoms with Crippen molar-refractivity contribution in [3.8, 4) is 11.1 Å². The van der Waals surface area contributed by atoms with Crippen LogP contribution in [0.5, 0.6) is 0 Å². The van der Waals surface area contributed by atoms with E-state index in [4.69, 9.17) is 16.7 Å². The van der Waals surface area contributed by atoms with E-state index in [1.807, 2.05) is 6.07 Å². The third-order valence-corrected chi connectivity index (χ3v) is 4.17. The van der Waals surface area contributed by atoms with Gasteiger partial charge < -0.3 is 10.4 Å². The molecule has 0 aliphatic carbocycles. The van der Waals surface area contributed by atoms with Crippen molar-refractivity contribution >= 4 is 35.2 Å². The standard InChI is InChI=1S/C22H15ClFNO3/c23-17-5-2-4-15(12-17)16-8-9-20(24)19(13-16)22(28)25-18-6-1-3-14(11-18)7-10-21(26)27/h1-13H,(H,25,28)(H,26,27)/b10-7+. The molecule has 3 rings (SSSR count). The van der Waals surface area contributed by atoms with Crippen LogP contribution in [0.15, 0.2) is 72.8 Å². The predicted octanol–water partition coefficient (Wildman–Crippen LogP) is 5.50. The van der Waals surface area contributed by atoms with Gasteiger partial charge in [-0.25, -0.2) is 9.18 Å². The van der Waals surface area contributed by atoms with Crippen molar-refractivity contribution in [1.29, 1.82) is 0 Å². The summed E-state index contributed by atoms with van der Waals surface area (Å²) in [6.07, 6.45) is 2.40. The number of hydrogen-bond acceptors (Lipinski definition) is 2. The number of rotatable bonds is 5. The Morgan fingerprint density at radius 3 is 2.46 bits per heavy atom. The molecule has 0 saturated heterocycles. The van der Waals surface area contributed by atoms with Gasteiger partial charge in [-0.3, -0.25) is 4.79 Å². The molecule has 2 N–H and O–H groups in total. The zero-order chi connectivity index (χ0) is 20.1. The number of carbonyl (C=O) groups is 2. The fourth-order valence-electron chi connectivity index (χ4n) is 2.63. The molecule has 28 heavy (non-hydrogen) atoms. The second-order valence-electron chi connectivity index (χ2n) is 5.96. The first kappa shape index (κ1) is 19.3. The Morgan fingerprint density at radius 1 is 0.964 bits per heavy atom. The van der Waals surface area contributed by atoms with Crippen molar-refractivity contribution < 1.29 is 19.1 Å². The van der Waals surface area contributed by atoms with Crippen LogP contribution >= 0.6 is 11.6 Å². The van der Waals surface area contributed by atoms with Crippen LogP contribution in [0.1, 0.15) is 15.9 Å². The summed E-state index contributed by atoms with van der Waals surface area (Å²) in [5, 5.41) is 11.9. The molecule has 0 aliphatic rings. The van der Waals surface area contributed by atoms with Crippen LogP contribution in [0.4, 0.5) is 10.1 Å². The van der Waals surface area contributed by atoms with Crippen LogP contribution in [0.3, 0.4) is 0 Å². The van der Waals surface area contributed by atoms with Crippen molar-refractivity contribution in [2.45, 2.75) is 0 Å². The Labute approximate surface area is 165 Å². The quantitative estimate of drug-likeness (QED) is 0.561. The summed E-state index contributed by atoms with van der Waals surface area (Å²) in [6.45, 7) is 0. The number of nitrogens with one attached hydrogen (secondary N) is 1. The molecular weight excluding hydrogens is 381 g/mol. The average Bonchev–Trinajstić information content (AvgIpc) is 2.67. The van der Waals surface area contributed by atoms with Crippen molar-refractivity contribution in [2.75, 3.05) is 5.32 Å². The fourth-order valence-corrected chi connectivity index (χ4v) is 2.82. The van der Waals surface area contributed by atoms with Gasteiger partial charge in [0.1, 0.15) is 5.82 Å². The van der Waals surface area contributed by atoms with E-state index >= 15 is 0 Å². The highest BCUT2D eigenvalue weighted by Gasteiger charge is 2.14. The molecule has 0 aliphatic heterocycles. The lowest BCUT2D eigenvalue weighted by atomic mass is 10.0. The summed E-state index contributed by atoms with van der Waals surface area (Å²) in [6, 6.07) is 17.9. The molecule has 0 fully saturated rings. The Balaban J connectivity index is 1.86. The van der Waals surface area contributed by atoms with E-state index in [0.29, 0.717) is 21.8 Å². The topological polar surface area (TPSA) is 66.4 Å². The molecule has 0 unspecified atom stereocenters. The van der Waals surface area contributed by atoms with Gasteiger partial charge >= 0.3 is 5.97 Å². The fraction of sp³-hybridized carbons (Fsp3) is 0. The number of amides is 1. The summed E-state index contributed by atoms with van der Waals surface area (Å²) < 4.78 is 14.2. The van der Waals surface area contributed by atoms with Gasteiger partial charge in [-0.2, -0.15) is 0 Å². The normalized spacial score (nSPS) is 10.8. The number of carboxylic acid groups (broad SMARTS) is 1. The Hall–Kier alpha value is -3.44. The molecule has 6 heteroatoms. The van der Waals surface area contributed by atoms with Gasteiger partial charge in [-0.15, -0.1) is 0 Å². The average molecular weight is 396 g/mol. The van der Waals surface area contributed by atoms with Crippen LogP contribution in [0.25, 0.3) is 17.2 Å². The second-order valence-corrected chi connectivity index (χ2v) is 6.39. The first-order valence-electron chi connectivity index (χ1n) is 8.30. The molecular formula is C22H15ClFNO3. The van der Waals surface area contributed by atoms with Crippen molar-refractivity contribution in [1.82, 2.24) is 0 Å². The van der Waals surface area contributed by atoms with E-state index in [2.05, 4.69) is 5.32 Å². The van der Waals surface area contributed by atoms with Gasteiger partial charge in [0.15, 0.2) is 0 Å². The SMILES string of the molecule is O=C(O)/C=C/c1cccc(NC(=O)c2cc(-c3cccc(Cl)c3)ccc2F)c1. The van der Waals surface area contributed by atoms with Crippen molar-refractivity contribution in [2.24, 2.45) is 0 Å². The summed E-state index contributed by atoms with van der Waals surface area (Å²) in [7, 11) is 0. The smallest absolute Gasteiger partial charge is 0.328 e. The molecule has 0 spiro atoms. The number of anilines is 1. The Kier molecular flexibility index (Phi) is 5.87. The molecule has 0 radical (unpaired) electrons. The van der Waals surface area contributed by atoms with E-state index in [9.17, 15) is 14.0 Å². The third kappa shape index (κ3) is 4.84. The lowest BCUT2D eigenvalue weighted by Gasteiger charge is -2.09. The Morgan fingerprint density at radius 2 is 1.71 bits per heavy atom. The number of benzene rings is 3. The van der Waals surface area contributed by atoms with Crippen molar-refractivity contribution in [3.05, 3.63) is 94.8 Å². The number of carboxylic acids is 1. The van der Waals surface area contributed by atoms with E-state index < -0.39 is 17.7 Å². The monoisotopic (exact) mass is 395 g/mol. The molecule has 3 aromatic rings. The summed E-state index contributed by atoms with van der Waals surface area (Å²) in [5.74, 6) is -2.33. The first-order valence-corrected chi connectivity index (χ1v) is 8.68. The third-order valence-electron chi connectivity index (χ3n) is 3.93. The molecule has 0 atom stereocenters. The van der Waals surface area contributed by atoms with Gasteiger partial charge in [0, 0.05) is 16.8 Å². The number of halogens is 2. The van der Waals surface area contributed by atoms with E-state index in [1.165, 1.54) is 18.2 Å². The minimum atomic E-state index is -1.07. The Bertz CT molecular complexity index is 1080. The zero-order valence-corrected chi connectivity index (χ0v) is 15.3. The van der Waals surface area contributed by atoms with Crippen LogP contribution in [-0.4, -0.2) is 17.0 Å². The number of aliphatic carboxylic acids is 1. The van der Waals surface area contributed by atoms with Gasteiger partial charge in [0.25, 0.3) is 5.91 Å². The molecule has 0 bridgehead atoms. The molecule has 4 nitrogen and oxygen atoms in total. The molecule has 0 heterocycles. The van der Waals surface area contributed by atoms with Gasteiger partial charge in [-0.05, 0) is 59.2 Å². The van der Waals surface area contributed by atoms with Gasteiger partial charge in [-0.1, -0.05) is 41.9 Å². The molecule has 140 valence electrons. The maximum Gasteiger partial charge on any atom is 0.328 e. The second kappa shape index (κ2) is 8.50. The van der Waals surface area contributed by atoms with Crippen LogP contribution in [0, 0.1) is 5.82 Å². The first-order chi connectivity index (χ1) is 13.4. The zero-order valence-electron chi connectivity index (χ0n) is 14.5. The molecule has 1 amide bonds. The maximum absolute atomic E-state index is 14.2. The van der Waals surface area contributed by atoms with Crippen LogP contribution in [0.2, 0.25) is 5.02 Å². The predicted molar refractivity (Wildman–Crippen MR) is 108 cm³/mol. The highest BCUT2D eigenvalue weighted by atomic mass is 35.5. The lowest BCUT2D eigenvalue weighted by Crippen LogP contribution is -2.14. The number of hydrogen-bond donors (Lipinski definition) is 2. The highest BCUT2D eigenvalue weighted by molar-refractivity contribution is 6.30. The molecule has 0 aromatic heterocycles. The van der Waals surface area contributed by atoms with Crippen LogP contribution in [-0.2, 0) is 4.79 Å². The maximum atomic E-state index is 14.2. The highest BCUT2D eigenvalue weighted by Crippen LogP contribution is 2.25.